The third-order valence-electron chi connectivity index (χ3n) is 2.11. The van der Waals surface area contributed by atoms with Gasteiger partial charge in [0.25, 0.3) is 11.5 Å². The molecule has 0 spiro atoms. The molecule has 0 unspecified atom stereocenters. The van der Waals surface area contributed by atoms with Crippen LogP contribution in [0.15, 0.2) is 27.5 Å². The Morgan fingerprint density at radius 1 is 1.22 bits per heavy atom. The van der Waals surface area contributed by atoms with Crippen molar-refractivity contribution in [2.24, 2.45) is 0 Å². The molecule has 1 heterocycles. The van der Waals surface area contributed by atoms with Crippen molar-refractivity contribution in [1.29, 1.82) is 0 Å². The first-order valence-electron chi connectivity index (χ1n) is 4.59. The highest BCUT2D eigenvalue weighted by Crippen LogP contribution is 2.16. The molecule has 0 bridgehead atoms. The SMILES string of the molecule is Nc1cc(=O)n(C(=O)c2ccc(F)c(F)c2F)o1. The second-order valence-electron chi connectivity index (χ2n) is 3.30. The molecule has 2 rings (SSSR count). The fraction of sp³-hybridized carbons (Fsp3) is 0. The van der Waals surface area contributed by atoms with Crippen LogP contribution in [0, 0.1) is 17.5 Å². The third kappa shape index (κ3) is 1.77. The Morgan fingerprint density at radius 2 is 1.89 bits per heavy atom. The fourth-order valence-electron chi connectivity index (χ4n) is 1.30. The molecule has 18 heavy (non-hydrogen) atoms. The van der Waals surface area contributed by atoms with Crippen LogP contribution in [-0.2, 0) is 0 Å². The second-order valence-corrected chi connectivity index (χ2v) is 3.30. The number of nitrogens with zero attached hydrogens (tertiary/aromatic N) is 1. The number of nitrogen functional groups attached to an aromatic ring is 1. The quantitative estimate of drug-likeness (QED) is 0.778. The Kier molecular flexibility index (Phi) is 2.70. The van der Waals surface area contributed by atoms with Crippen LogP contribution in [0.4, 0.5) is 19.1 Å². The smallest absolute Gasteiger partial charge is 0.297 e. The Hall–Kier alpha value is -2.51. The summed E-state index contributed by atoms with van der Waals surface area (Å²) in [5.41, 5.74) is 3.33. The number of anilines is 1. The van der Waals surface area contributed by atoms with Crippen molar-refractivity contribution in [1.82, 2.24) is 4.74 Å². The normalized spacial score (nSPS) is 10.6. The molecule has 0 atom stereocenters. The van der Waals surface area contributed by atoms with Crippen molar-refractivity contribution in [2.75, 3.05) is 5.73 Å². The molecule has 0 saturated heterocycles. The minimum atomic E-state index is -1.81. The Labute approximate surface area is 97.2 Å². The van der Waals surface area contributed by atoms with Gasteiger partial charge in [-0.1, -0.05) is 4.74 Å². The highest BCUT2D eigenvalue weighted by Gasteiger charge is 2.22. The molecule has 0 saturated carbocycles. The topological polar surface area (TPSA) is 78.2 Å². The minimum absolute atomic E-state index is 0.144. The van der Waals surface area contributed by atoms with Gasteiger partial charge < -0.3 is 10.3 Å². The molecule has 0 fully saturated rings. The van der Waals surface area contributed by atoms with Gasteiger partial charge in [-0.15, -0.1) is 0 Å². The van der Waals surface area contributed by atoms with Crippen molar-refractivity contribution in [3.05, 3.63) is 51.6 Å². The summed E-state index contributed by atoms with van der Waals surface area (Å²) in [7, 11) is 0. The number of halogens is 3. The van der Waals surface area contributed by atoms with Crippen LogP contribution in [0.5, 0.6) is 0 Å². The lowest BCUT2D eigenvalue weighted by atomic mass is 10.2. The van der Waals surface area contributed by atoms with E-state index in [0.717, 1.165) is 6.07 Å². The van der Waals surface area contributed by atoms with E-state index < -0.39 is 34.5 Å². The maximum Gasteiger partial charge on any atom is 0.297 e. The summed E-state index contributed by atoms with van der Waals surface area (Å²) in [6.07, 6.45) is 0. The van der Waals surface area contributed by atoms with E-state index >= 15 is 0 Å². The van der Waals surface area contributed by atoms with Gasteiger partial charge in [-0.2, -0.15) is 0 Å². The lowest BCUT2D eigenvalue weighted by Crippen LogP contribution is -2.23. The van der Waals surface area contributed by atoms with Crippen LogP contribution in [-0.4, -0.2) is 10.6 Å². The van der Waals surface area contributed by atoms with E-state index in [1.54, 1.807) is 0 Å². The molecule has 0 aliphatic rings. The van der Waals surface area contributed by atoms with E-state index in [4.69, 9.17) is 5.73 Å². The summed E-state index contributed by atoms with van der Waals surface area (Å²) in [4.78, 5) is 22.8. The van der Waals surface area contributed by atoms with Crippen LogP contribution in [0.3, 0.4) is 0 Å². The highest BCUT2D eigenvalue weighted by molar-refractivity contribution is 5.95. The molecule has 1 aromatic heterocycles. The minimum Gasteiger partial charge on any atom is -0.368 e. The van der Waals surface area contributed by atoms with Gasteiger partial charge >= 0.3 is 0 Å². The predicted molar refractivity (Wildman–Crippen MR) is 53.4 cm³/mol. The predicted octanol–water partition coefficient (Wildman–Crippen LogP) is 1.13. The standard InChI is InChI=1S/C10H5F3N2O3/c11-5-2-1-4(8(12)9(5)13)10(17)15-7(16)3-6(14)18-15/h1-3H,14H2. The number of hydrogen-bond acceptors (Lipinski definition) is 4. The average molecular weight is 258 g/mol. The number of carbonyl (C=O) groups excluding carboxylic acids is 1. The van der Waals surface area contributed by atoms with E-state index in [0.29, 0.717) is 12.1 Å². The zero-order chi connectivity index (χ0) is 13.4. The number of aromatic nitrogens is 1. The molecule has 1 aromatic carbocycles. The summed E-state index contributed by atoms with van der Waals surface area (Å²) < 4.78 is 43.6. The van der Waals surface area contributed by atoms with E-state index in [-0.39, 0.29) is 10.6 Å². The molecule has 8 heteroatoms. The average Bonchev–Trinajstić information content (AvgIpc) is 2.65. The molecule has 2 aromatic rings. The molecule has 0 aliphatic carbocycles. The number of nitrogens with two attached hydrogens (primary N) is 1. The molecule has 0 radical (unpaired) electrons. The first-order valence-corrected chi connectivity index (χ1v) is 4.59. The van der Waals surface area contributed by atoms with Gasteiger partial charge in [0, 0.05) is 0 Å². The fourth-order valence-corrected chi connectivity index (χ4v) is 1.30. The molecule has 5 nitrogen and oxygen atoms in total. The van der Waals surface area contributed by atoms with Gasteiger partial charge in [-0.05, 0) is 12.1 Å². The lowest BCUT2D eigenvalue weighted by molar-refractivity contribution is 0.0840. The second kappa shape index (κ2) is 4.06. The largest absolute Gasteiger partial charge is 0.368 e. The molecule has 94 valence electrons. The molecule has 0 amide bonds. The zero-order valence-corrected chi connectivity index (χ0v) is 8.62. The van der Waals surface area contributed by atoms with Gasteiger partial charge in [-0.3, -0.25) is 9.59 Å². The first kappa shape index (κ1) is 12.0. The number of carbonyl (C=O) groups is 1. The van der Waals surface area contributed by atoms with Crippen molar-refractivity contribution in [3.63, 3.8) is 0 Å². The van der Waals surface area contributed by atoms with E-state index in [1.165, 1.54) is 0 Å². The van der Waals surface area contributed by atoms with Gasteiger partial charge in [0.15, 0.2) is 17.5 Å². The molecular weight excluding hydrogens is 253 g/mol. The van der Waals surface area contributed by atoms with Gasteiger partial charge in [0.2, 0.25) is 5.88 Å². The number of hydrogen-bond donors (Lipinski definition) is 1. The summed E-state index contributed by atoms with van der Waals surface area (Å²) in [6.45, 7) is 0. The Morgan fingerprint density at radius 3 is 2.44 bits per heavy atom. The van der Waals surface area contributed by atoms with Crippen molar-refractivity contribution in [2.45, 2.75) is 0 Å². The van der Waals surface area contributed by atoms with Gasteiger partial charge in [-0.25, -0.2) is 13.2 Å². The monoisotopic (exact) mass is 258 g/mol. The van der Waals surface area contributed by atoms with Crippen molar-refractivity contribution >= 4 is 11.8 Å². The molecule has 2 N–H and O–H groups in total. The van der Waals surface area contributed by atoms with Crippen molar-refractivity contribution < 1.29 is 22.5 Å². The van der Waals surface area contributed by atoms with Crippen LogP contribution >= 0.6 is 0 Å². The summed E-state index contributed by atoms with van der Waals surface area (Å²) in [5, 5.41) is 0. The highest BCUT2D eigenvalue weighted by atomic mass is 19.2. The van der Waals surface area contributed by atoms with E-state index in [1.807, 2.05) is 0 Å². The lowest BCUT2D eigenvalue weighted by Gasteiger charge is -2.02. The van der Waals surface area contributed by atoms with Crippen LogP contribution in [0.2, 0.25) is 0 Å². The Balaban J connectivity index is 2.57. The first-order chi connectivity index (χ1) is 8.41. The summed E-state index contributed by atoms with van der Waals surface area (Å²) in [6, 6.07) is 2.04. The van der Waals surface area contributed by atoms with Gasteiger partial charge in [0.05, 0.1) is 11.6 Å². The van der Waals surface area contributed by atoms with Crippen molar-refractivity contribution in [3.8, 4) is 0 Å². The van der Waals surface area contributed by atoms with Gasteiger partial charge in [0.1, 0.15) is 0 Å². The van der Waals surface area contributed by atoms with Crippen LogP contribution in [0.25, 0.3) is 0 Å². The van der Waals surface area contributed by atoms with E-state index in [2.05, 4.69) is 4.52 Å². The molecule has 0 aliphatic heterocycles. The Bertz CT molecular complexity index is 690. The van der Waals surface area contributed by atoms with Crippen LogP contribution < -0.4 is 11.3 Å². The summed E-state index contributed by atoms with van der Waals surface area (Å²) >= 11 is 0. The zero-order valence-electron chi connectivity index (χ0n) is 8.62. The third-order valence-corrected chi connectivity index (χ3v) is 2.11. The maximum atomic E-state index is 13.3. The maximum absolute atomic E-state index is 13.3. The molecular formula is C10H5F3N2O3. The number of benzene rings is 1. The summed E-state index contributed by atoms with van der Waals surface area (Å²) in [5.74, 6) is -6.62. The number of rotatable bonds is 1. The van der Waals surface area contributed by atoms with E-state index in [9.17, 15) is 22.8 Å². The van der Waals surface area contributed by atoms with Crippen LogP contribution in [0.1, 0.15) is 10.4 Å².